The maximum absolute atomic E-state index is 12.2. The zero-order chi connectivity index (χ0) is 21.0. The van der Waals surface area contributed by atoms with Crippen LogP contribution in [0.4, 0.5) is 5.82 Å². The topological polar surface area (TPSA) is 86.6 Å². The van der Waals surface area contributed by atoms with E-state index < -0.39 is 0 Å². The first-order chi connectivity index (χ1) is 14.0. The molecule has 2 fully saturated rings. The first-order valence-electron chi connectivity index (χ1n) is 9.94. The van der Waals surface area contributed by atoms with Crippen molar-refractivity contribution in [1.82, 2.24) is 15.1 Å². The van der Waals surface area contributed by atoms with E-state index in [1.807, 2.05) is 6.07 Å². The van der Waals surface area contributed by atoms with Crippen LogP contribution < -0.4 is 4.90 Å². The molecule has 0 aliphatic carbocycles. The van der Waals surface area contributed by atoms with E-state index in [4.69, 9.17) is 9.90 Å². The monoisotopic (exact) mass is 396 g/mol. The van der Waals surface area contributed by atoms with Crippen molar-refractivity contribution >= 4 is 18.2 Å². The van der Waals surface area contributed by atoms with Gasteiger partial charge in [-0.1, -0.05) is 44.2 Å². The standard InChI is InChI=1S/C21H26N4O.CH2O2/c1-14(2)19-9-10-20(23-22-19)24-11-17-12-25(15(3)26)21(18(17)13-24)16-7-5-4-6-8-16;2-1-3/h4-10,14,17-18,21H,11-13H2,1-3H3;1H,(H,2,3)/t17-,18-,21-;/m1./s1. The Morgan fingerprint density at radius 1 is 1.10 bits per heavy atom. The van der Waals surface area contributed by atoms with E-state index in [0.717, 1.165) is 31.1 Å². The third-order valence-corrected chi connectivity index (χ3v) is 5.80. The van der Waals surface area contributed by atoms with Crippen LogP contribution in [0.25, 0.3) is 0 Å². The van der Waals surface area contributed by atoms with Gasteiger partial charge < -0.3 is 14.9 Å². The number of nitrogens with zero attached hydrogens (tertiary/aromatic N) is 4. The summed E-state index contributed by atoms with van der Waals surface area (Å²) in [5, 5.41) is 15.7. The normalized spacial score (nSPS) is 22.8. The zero-order valence-electron chi connectivity index (χ0n) is 17.1. The number of hydrogen-bond donors (Lipinski definition) is 1. The largest absolute Gasteiger partial charge is 0.483 e. The highest BCUT2D eigenvalue weighted by molar-refractivity contribution is 5.74. The van der Waals surface area contributed by atoms with Crippen LogP contribution in [0.15, 0.2) is 42.5 Å². The lowest BCUT2D eigenvalue weighted by atomic mass is 9.89. The van der Waals surface area contributed by atoms with E-state index in [0.29, 0.717) is 17.8 Å². The quantitative estimate of drug-likeness (QED) is 0.803. The number of aromatic nitrogens is 2. The number of carbonyl (C=O) groups is 2. The van der Waals surface area contributed by atoms with Gasteiger partial charge in [0.05, 0.1) is 11.7 Å². The van der Waals surface area contributed by atoms with Crippen LogP contribution in [-0.2, 0) is 9.59 Å². The summed E-state index contributed by atoms with van der Waals surface area (Å²) < 4.78 is 0. The molecule has 0 unspecified atom stereocenters. The Labute approximate surface area is 171 Å². The smallest absolute Gasteiger partial charge is 0.290 e. The predicted molar refractivity (Wildman–Crippen MR) is 111 cm³/mol. The summed E-state index contributed by atoms with van der Waals surface area (Å²) in [6.07, 6.45) is 0. The molecule has 1 aromatic carbocycles. The van der Waals surface area contributed by atoms with Crippen molar-refractivity contribution in [2.75, 3.05) is 24.5 Å². The average Bonchev–Trinajstić information content (AvgIpc) is 3.27. The van der Waals surface area contributed by atoms with Crippen LogP contribution in [0.1, 0.15) is 44.0 Å². The summed E-state index contributed by atoms with van der Waals surface area (Å²) in [6.45, 7) is 8.38. The third-order valence-electron chi connectivity index (χ3n) is 5.80. The van der Waals surface area contributed by atoms with Gasteiger partial charge in [0.1, 0.15) is 0 Å². The molecule has 7 nitrogen and oxygen atoms in total. The van der Waals surface area contributed by atoms with E-state index in [1.54, 1.807) is 6.92 Å². The minimum absolute atomic E-state index is 0.159. The second-order valence-electron chi connectivity index (χ2n) is 7.93. The van der Waals surface area contributed by atoms with Gasteiger partial charge in [-0.2, -0.15) is 5.10 Å². The molecule has 2 aromatic rings. The van der Waals surface area contributed by atoms with Crippen molar-refractivity contribution in [3.05, 3.63) is 53.7 Å². The average molecular weight is 396 g/mol. The molecule has 4 rings (SSSR count). The zero-order valence-corrected chi connectivity index (χ0v) is 17.1. The summed E-state index contributed by atoms with van der Waals surface area (Å²) in [6, 6.07) is 14.8. The Balaban J connectivity index is 0.000000755. The van der Waals surface area contributed by atoms with Crippen LogP contribution in [0.3, 0.4) is 0 Å². The molecule has 29 heavy (non-hydrogen) atoms. The van der Waals surface area contributed by atoms with E-state index >= 15 is 0 Å². The van der Waals surface area contributed by atoms with Gasteiger partial charge in [0, 0.05) is 38.4 Å². The molecule has 3 atom stereocenters. The molecule has 2 aliphatic rings. The van der Waals surface area contributed by atoms with Gasteiger partial charge in [-0.15, -0.1) is 5.10 Å². The fourth-order valence-corrected chi connectivity index (χ4v) is 4.45. The number of rotatable bonds is 3. The maximum Gasteiger partial charge on any atom is 0.290 e. The van der Waals surface area contributed by atoms with Gasteiger partial charge in [0.15, 0.2) is 5.82 Å². The molecule has 0 radical (unpaired) electrons. The molecule has 3 heterocycles. The van der Waals surface area contributed by atoms with Crippen molar-refractivity contribution in [3.8, 4) is 0 Å². The number of carbonyl (C=O) groups excluding carboxylic acids is 1. The molecule has 0 bridgehead atoms. The Morgan fingerprint density at radius 3 is 2.34 bits per heavy atom. The van der Waals surface area contributed by atoms with Crippen LogP contribution in [0.5, 0.6) is 0 Å². The lowest BCUT2D eigenvalue weighted by Gasteiger charge is -2.29. The highest BCUT2D eigenvalue weighted by atomic mass is 16.3. The molecular formula is C22H28N4O3. The highest BCUT2D eigenvalue weighted by Gasteiger charge is 2.48. The number of anilines is 1. The first-order valence-corrected chi connectivity index (χ1v) is 9.94. The van der Waals surface area contributed by atoms with Gasteiger partial charge in [0.2, 0.25) is 5.91 Å². The molecular weight excluding hydrogens is 368 g/mol. The van der Waals surface area contributed by atoms with Crippen LogP contribution in [0.2, 0.25) is 0 Å². The van der Waals surface area contributed by atoms with Crippen molar-refractivity contribution in [2.24, 2.45) is 11.8 Å². The number of fused-ring (bicyclic) bond motifs is 1. The fraction of sp³-hybridized carbons (Fsp3) is 0.455. The number of likely N-dealkylation sites (tertiary alicyclic amines) is 1. The van der Waals surface area contributed by atoms with Gasteiger partial charge >= 0.3 is 0 Å². The Kier molecular flexibility index (Phi) is 6.46. The molecule has 1 amide bonds. The van der Waals surface area contributed by atoms with Gasteiger partial charge in [-0.05, 0) is 23.6 Å². The van der Waals surface area contributed by atoms with Crippen LogP contribution in [-0.4, -0.2) is 52.2 Å². The lowest BCUT2D eigenvalue weighted by Crippen LogP contribution is -2.34. The van der Waals surface area contributed by atoms with Crippen LogP contribution >= 0.6 is 0 Å². The van der Waals surface area contributed by atoms with Crippen molar-refractivity contribution in [2.45, 2.75) is 32.7 Å². The molecule has 154 valence electrons. The summed E-state index contributed by atoms with van der Waals surface area (Å²) in [4.78, 5) is 24.9. The third kappa shape index (κ3) is 4.39. The molecule has 7 heteroatoms. The van der Waals surface area contributed by atoms with E-state index in [1.165, 1.54) is 5.56 Å². The van der Waals surface area contributed by atoms with Gasteiger partial charge in [-0.3, -0.25) is 9.59 Å². The van der Waals surface area contributed by atoms with E-state index in [-0.39, 0.29) is 18.4 Å². The molecule has 2 saturated heterocycles. The highest BCUT2D eigenvalue weighted by Crippen LogP contribution is 2.45. The Bertz CT molecular complexity index is 826. The maximum atomic E-state index is 12.2. The summed E-state index contributed by atoms with van der Waals surface area (Å²) in [7, 11) is 0. The lowest BCUT2D eigenvalue weighted by molar-refractivity contribution is -0.130. The first kappa shape index (κ1) is 20.8. The summed E-state index contributed by atoms with van der Waals surface area (Å²) in [5.41, 5.74) is 2.26. The van der Waals surface area contributed by atoms with Gasteiger partial charge in [0.25, 0.3) is 6.47 Å². The Morgan fingerprint density at radius 2 is 1.79 bits per heavy atom. The van der Waals surface area contributed by atoms with E-state index in [2.05, 4.69) is 70.2 Å². The fourth-order valence-electron chi connectivity index (χ4n) is 4.45. The molecule has 1 aromatic heterocycles. The van der Waals surface area contributed by atoms with Crippen molar-refractivity contribution in [3.63, 3.8) is 0 Å². The number of amides is 1. The molecule has 1 N–H and O–H groups in total. The minimum Gasteiger partial charge on any atom is -0.483 e. The Hall–Kier alpha value is -2.96. The summed E-state index contributed by atoms with van der Waals surface area (Å²) in [5.74, 6) is 2.43. The minimum atomic E-state index is -0.250. The number of carboxylic acid groups (broad SMARTS) is 1. The van der Waals surface area contributed by atoms with Crippen molar-refractivity contribution in [1.29, 1.82) is 0 Å². The molecule has 0 saturated carbocycles. The predicted octanol–water partition coefficient (Wildman–Crippen LogP) is 2.96. The number of hydrogen-bond acceptors (Lipinski definition) is 5. The van der Waals surface area contributed by atoms with Crippen molar-refractivity contribution < 1.29 is 14.7 Å². The SMILES string of the molecule is CC(=O)N1C[C@H]2CN(c3ccc(C(C)C)nn3)C[C@H]2[C@H]1c1ccccc1.O=CO. The molecule has 0 spiro atoms. The second kappa shape index (κ2) is 9.03. The van der Waals surface area contributed by atoms with Gasteiger partial charge in [-0.25, -0.2) is 0 Å². The molecule has 2 aliphatic heterocycles. The van der Waals surface area contributed by atoms with Crippen LogP contribution in [0, 0.1) is 11.8 Å². The second-order valence-corrected chi connectivity index (χ2v) is 7.93. The summed E-state index contributed by atoms with van der Waals surface area (Å²) >= 11 is 0. The number of benzene rings is 1. The van der Waals surface area contributed by atoms with E-state index in [9.17, 15) is 4.79 Å².